The van der Waals surface area contributed by atoms with Crippen molar-refractivity contribution in [3.8, 4) is 0 Å². The van der Waals surface area contributed by atoms with Crippen molar-refractivity contribution in [3.63, 3.8) is 0 Å². The summed E-state index contributed by atoms with van der Waals surface area (Å²) in [5.41, 5.74) is 2.56. The first-order valence-electron chi connectivity index (χ1n) is 5.99. The second-order valence-corrected chi connectivity index (χ2v) is 5.41. The molecule has 3 rings (SSSR count). The second-order valence-electron chi connectivity index (χ2n) is 5.41. The van der Waals surface area contributed by atoms with Crippen LogP contribution in [-0.2, 0) is 15.9 Å². The van der Waals surface area contributed by atoms with Crippen LogP contribution in [-0.4, -0.2) is 38.3 Å². The van der Waals surface area contributed by atoms with Gasteiger partial charge in [-0.15, -0.1) is 0 Å². The first kappa shape index (κ1) is 10.3. The number of fused-ring (bicyclic) bond motifs is 2. The van der Waals surface area contributed by atoms with E-state index in [1.165, 1.54) is 11.0 Å². The van der Waals surface area contributed by atoms with Crippen molar-refractivity contribution in [2.45, 2.75) is 13.0 Å². The van der Waals surface area contributed by atoms with Gasteiger partial charge in [0.15, 0.2) is 0 Å². The Bertz CT molecular complexity index is 417. The van der Waals surface area contributed by atoms with Gasteiger partial charge < -0.3 is 13.7 Å². The third kappa shape index (κ3) is 1.21. The minimum absolute atomic E-state index is 0.692. The van der Waals surface area contributed by atoms with Crippen LogP contribution in [0.3, 0.4) is 0 Å². The van der Waals surface area contributed by atoms with E-state index in [1.807, 2.05) is 0 Å². The van der Waals surface area contributed by atoms with Gasteiger partial charge in [0, 0.05) is 40.3 Å². The van der Waals surface area contributed by atoms with Crippen molar-refractivity contribution < 1.29 is 13.7 Å². The monoisotopic (exact) mass is 219 g/mol. The Labute approximate surface area is 96.6 Å². The lowest BCUT2D eigenvalue weighted by Gasteiger charge is -2.55. The molecule has 0 N–H and O–H groups in total. The molecule has 0 aromatic heterocycles. The van der Waals surface area contributed by atoms with Gasteiger partial charge in [-0.25, -0.2) is 0 Å². The molecule has 2 heterocycles. The van der Waals surface area contributed by atoms with Crippen LogP contribution >= 0.6 is 0 Å². The summed E-state index contributed by atoms with van der Waals surface area (Å²) < 4.78 is 13.0. The highest BCUT2D eigenvalue weighted by Gasteiger charge is 2.53. The number of nitrogens with zero attached hydrogens (tertiary/aromatic N) is 1. The fourth-order valence-corrected chi connectivity index (χ4v) is 3.12. The van der Waals surface area contributed by atoms with E-state index in [1.54, 1.807) is 0 Å². The van der Waals surface area contributed by atoms with Gasteiger partial charge in [-0.3, -0.25) is 0 Å². The van der Waals surface area contributed by atoms with Crippen LogP contribution in [0.5, 0.6) is 0 Å². The average Bonchev–Trinajstić information content (AvgIpc) is 2.64. The van der Waals surface area contributed by atoms with E-state index >= 15 is 0 Å². The van der Waals surface area contributed by atoms with Gasteiger partial charge in [-0.1, -0.05) is 29.7 Å². The van der Waals surface area contributed by atoms with Crippen molar-refractivity contribution >= 4 is 12.1 Å². The number of rotatable bonds is 0. The fourth-order valence-electron chi connectivity index (χ4n) is 3.12. The van der Waals surface area contributed by atoms with E-state index in [0.717, 1.165) is 24.0 Å². The Morgan fingerprint density at radius 3 is 2.81 bits per heavy atom. The van der Waals surface area contributed by atoms with Crippen molar-refractivity contribution in [1.29, 1.82) is 0 Å². The molecule has 2 aliphatic rings. The number of benzene rings is 1. The molecule has 1 fully saturated rings. The number of quaternary nitrogens is 1. The Morgan fingerprint density at radius 2 is 2.00 bits per heavy atom. The van der Waals surface area contributed by atoms with Crippen LogP contribution in [0.1, 0.15) is 12.0 Å². The van der Waals surface area contributed by atoms with Crippen LogP contribution < -0.4 is 5.46 Å². The topological polar surface area (TPSA) is 18.5 Å². The molecule has 2 aliphatic heterocycles. The quantitative estimate of drug-likeness (QED) is 0.602. The van der Waals surface area contributed by atoms with Gasteiger partial charge in [0.25, 0.3) is 0 Å². The van der Waals surface area contributed by atoms with Gasteiger partial charge in [0.05, 0.1) is 0 Å². The third-order valence-electron chi connectivity index (χ3n) is 4.06. The maximum absolute atomic E-state index is 6.08. The number of hydrogen-bond acceptors (Lipinski definition) is 2. The highest BCUT2D eigenvalue weighted by atomic mass is 16.6. The zero-order chi connectivity index (χ0) is 11.2. The van der Waals surface area contributed by atoms with E-state index < -0.39 is 6.69 Å². The first-order valence-corrected chi connectivity index (χ1v) is 5.99. The number of hydrogen-bond donors (Lipinski definition) is 0. The zero-order valence-electron chi connectivity index (χ0n) is 9.98. The maximum Gasteiger partial charge on any atom is 0.502 e. The summed E-state index contributed by atoms with van der Waals surface area (Å²) in [6, 6.07) is 8.45. The smallest absolute Gasteiger partial charge is 0.502 e. The van der Waals surface area contributed by atoms with Gasteiger partial charge in [-0.05, 0) is 5.56 Å². The molecule has 16 heavy (non-hydrogen) atoms. The highest BCUT2D eigenvalue weighted by Crippen LogP contribution is 2.30. The Kier molecular flexibility index (Phi) is 2.15. The third-order valence-corrected chi connectivity index (χ3v) is 4.06. The zero-order valence-corrected chi connectivity index (χ0v) is 9.98. The predicted octanol–water partition coefficient (Wildman–Crippen LogP) is 0.859. The van der Waals surface area contributed by atoms with Crippen molar-refractivity contribution in [2.24, 2.45) is 0 Å². The molecule has 1 saturated heterocycles. The van der Waals surface area contributed by atoms with Gasteiger partial charge >= 0.3 is 6.69 Å². The van der Waals surface area contributed by atoms with Crippen molar-refractivity contribution in [2.75, 3.05) is 27.2 Å². The lowest BCUT2D eigenvalue weighted by Crippen LogP contribution is -2.74. The summed E-state index contributed by atoms with van der Waals surface area (Å²) in [7, 11) is 4.42. The van der Waals surface area contributed by atoms with E-state index in [9.17, 15) is 0 Å². The minimum atomic E-state index is -1.31. The molecule has 0 bridgehead atoms. The summed E-state index contributed by atoms with van der Waals surface area (Å²) in [6.07, 6.45) is 1.11. The molecule has 86 valence electrons. The molecule has 0 amide bonds. The lowest BCUT2D eigenvalue weighted by molar-refractivity contribution is -0.812. The molecular formula is C12H18BNO2. The summed E-state index contributed by atoms with van der Waals surface area (Å²) in [5, 5.41) is 0. The van der Waals surface area contributed by atoms with Gasteiger partial charge in [-0.2, -0.15) is 0 Å². The summed E-state index contributed by atoms with van der Waals surface area (Å²) in [5.74, 6) is 0. The van der Waals surface area contributed by atoms with Crippen LogP contribution in [0.15, 0.2) is 24.3 Å². The van der Waals surface area contributed by atoms with Crippen molar-refractivity contribution in [3.05, 3.63) is 29.8 Å². The molecule has 1 aromatic carbocycles. The maximum atomic E-state index is 6.08. The van der Waals surface area contributed by atoms with Crippen LogP contribution in [0.2, 0.25) is 0 Å². The molecule has 3 nitrogen and oxygen atoms in total. The highest BCUT2D eigenvalue weighted by molar-refractivity contribution is 6.76. The average molecular weight is 219 g/mol. The van der Waals surface area contributed by atoms with Crippen LogP contribution in [0.25, 0.3) is 0 Å². The van der Waals surface area contributed by atoms with E-state index in [2.05, 4.69) is 38.4 Å². The molecule has 1 aromatic rings. The van der Waals surface area contributed by atoms with E-state index in [-0.39, 0.29) is 0 Å². The predicted molar refractivity (Wildman–Crippen MR) is 64.2 cm³/mol. The largest absolute Gasteiger partial charge is 0.509 e. The summed E-state index contributed by atoms with van der Waals surface area (Å²) in [6.45, 7) is 1.32. The Morgan fingerprint density at radius 1 is 1.19 bits per heavy atom. The molecule has 0 radical (unpaired) electrons. The first-order chi connectivity index (χ1) is 7.66. The molecule has 1 spiro atoms. The molecule has 0 aliphatic carbocycles. The van der Waals surface area contributed by atoms with Gasteiger partial charge in [0.2, 0.25) is 0 Å². The molecular weight excluding hydrogens is 201 g/mol. The molecule has 1 unspecified atom stereocenters. The Hall–Kier alpha value is -0.835. The molecule has 0 saturated carbocycles. The van der Waals surface area contributed by atoms with Crippen molar-refractivity contribution in [1.82, 2.24) is 0 Å². The standard InChI is InChI=1S/C12H18BNO2/c1-14(2)8-5-9-15-13(14)12-7-4-3-6-11(12)10-16-13/h3-4,6-7H,5,8-10H2,1-2H3. The summed E-state index contributed by atoms with van der Waals surface area (Å²) >= 11 is 0. The van der Waals surface area contributed by atoms with Crippen LogP contribution in [0, 0.1) is 0 Å². The lowest BCUT2D eigenvalue weighted by atomic mass is 9.59. The normalized spacial score (nSPS) is 31.6. The molecule has 1 atom stereocenters. The Balaban J connectivity index is 2.12. The summed E-state index contributed by atoms with van der Waals surface area (Å²) in [4.78, 5) is 0. The van der Waals surface area contributed by atoms with E-state index in [4.69, 9.17) is 9.31 Å². The van der Waals surface area contributed by atoms with Crippen LogP contribution in [0.4, 0.5) is 0 Å². The molecule has 4 heteroatoms. The second kappa shape index (κ2) is 3.33. The SMILES string of the molecule is C[N+]1(C)CCCO[B-]12OCc1ccccc12. The van der Waals surface area contributed by atoms with E-state index in [0.29, 0.717) is 6.61 Å². The fraction of sp³-hybridized carbons (Fsp3) is 0.500. The minimum Gasteiger partial charge on any atom is -0.509 e. The van der Waals surface area contributed by atoms with Gasteiger partial charge in [0.1, 0.15) is 0 Å².